The maximum atomic E-state index is 9.18. The van der Waals surface area contributed by atoms with E-state index in [1.54, 1.807) is 6.26 Å². The number of aryl methyl sites for hydroxylation is 2. The number of hydrogen-bond acceptors (Lipinski definition) is 3. The van der Waals surface area contributed by atoms with E-state index in [4.69, 9.17) is 10.2 Å². The van der Waals surface area contributed by atoms with Gasteiger partial charge in [-0.15, -0.1) is 0 Å². The highest BCUT2D eigenvalue weighted by molar-refractivity contribution is 5.80. The van der Waals surface area contributed by atoms with E-state index in [2.05, 4.69) is 39.8 Å². The van der Waals surface area contributed by atoms with E-state index in [9.17, 15) is 5.26 Å². The Balaban J connectivity index is 2.83. The van der Waals surface area contributed by atoms with Crippen LogP contribution in [0.1, 0.15) is 27.8 Å². The van der Waals surface area contributed by atoms with Crippen molar-refractivity contribution in [3.05, 3.63) is 40.1 Å². The molecule has 0 fully saturated rings. The molecule has 3 heteroatoms. The van der Waals surface area contributed by atoms with Gasteiger partial charge in [-0.05, 0) is 55.5 Å². The average Bonchev–Trinajstić information content (AvgIpc) is 2.68. The summed E-state index contributed by atoms with van der Waals surface area (Å²) in [5.74, 6) is 0.186. The van der Waals surface area contributed by atoms with Crippen LogP contribution in [-0.4, -0.2) is 0 Å². The van der Waals surface area contributed by atoms with Crippen LogP contribution in [-0.2, 0) is 0 Å². The van der Waals surface area contributed by atoms with Crippen LogP contribution in [0.3, 0.4) is 0 Å². The molecule has 0 aliphatic carbocycles. The van der Waals surface area contributed by atoms with Crippen molar-refractivity contribution in [3.63, 3.8) is 0 Å². The van der Waals surface area contributed by atoms with Crippen molar-refractivity contribution in [2.45, 2.75) is 27.7 Å². The molecule has 1 heterocycles. The van der Waals surface area contributed by atoms with Gasteiger partial charge in [-0.2, -0.15) is 5.26 Å². The second kappa shape index (κ2) is 4.23. The van der Waals surface area contributed by atoms with E-state index in [0.29, 0.717) is 5.56 Å². The maximum absolute atomic E-state index is 9.18. The highest BCUT2D eigenvalue weighted by Crippen LogP contribution is 2.36. The Morgan fingerprint density at radius 1 is 1.11 bits per heavy atom. The molecule has 0 spiro atoms. The third kappa shape index (κ3) is 1.67. The summed E-state index contributed by atoms with van der Waals surface area (Å²) >= 11 is 0. The van der Waals surface area contributed by atoms with Gasteiger partial charge >= 0.3 is 0 Å². The molecule has 0 atom stereocenters. The molecule has 0 saturated heterocycles. The van der Waals surface area contributed by atoms with Crippen molar-refractivity contribution in [2.75, 3.05) is 5.73 Å². The van der Waals surface area contributed by atoms with Gasteiger partial charge in [0.25, 0.3) is 0 Å². The minimum absolute atomic E-state index is 0.186. The van der Waals surface area contributed by atoms with Crippen molar-refractivity contribution in [1.82, 2.24) is 0 Å². The summed E-state index contributed by atoms with van der Waals surface area (Å²) < 4.78 is 5.19. The van der Waals surface area contributed by atoms with Gasteiger partial charge in [0.05, 0.1) is 0 Å². The minimum Gasteiger partial charge on any atom is -0.447 e. The Hall–Kier alpha value is -2.21. The van der Waals surface area contributed by atoms with E-state index >= 15 is 0 Å². The lowest BCUT2D eigenvalue weighted by atomic mass is 9.89. The lowest BCUT2D eigenvalue weighted by Crippen LogP contribution is -1.96. The summed E-state index contributed by atoms with van der Waals surface area (Å²) in [6.45, 7) is 8.25. The first-order chi connectivity index (χ1) is 8.47. The van der Waals surface area contributed by atoms with E-state index in [1.807, 2.05) is 0 Å². The fraction of sp³-hybridized carbons (Fsp3) is 0.267. The molecule has 2 rings (SSSR count). The Morgan fingerprint density at radius 3 is 2.17 bits per heavy atom. The fourth-order valence-corrected chi connectivity index (χ4v) is 2.29. The molecular weight excluding hydrogens is 224 g/mol. The largest absolute Gasteiger partial charge is 0.447 e. The van der Waals surface area contributed by atoms with Crippen LogP contribution in [0.15, 0.2) is 16.7 Å². The van der Waals surface area contributed by atoms with Crippen molar-refractivity contribution in [1.29, 1.82) is 5.26 Å². The van der Waals surface area contributed by atoms with E-state index in [-0.39, 0.29) is 5.88 Å². The summed E-state index contributed by atoms with van der Waals surface area (Å²) in [6, 6.07) is 4.27. The molecule has 0 saturated carbocycles. The van der Waals surface area contributed by atoms with Crippen LogP contribution < -0.4 is 5.73 Å². The van der Waals surface area contributed by atoms with Crippen LogP contribution in [0.4, 0.5) is 5.88 Å². The monoisotopic (exact) mass is 240 g/mol. The number of nitrogens with zero attached hydrogens (tertiary/aromatic N) is 1. The fourth-order valence-electron chi connectivity index (χ4n) is 2.29. The third-order valence-corrected chi connectivity index (χ3v) is 3.57. The molecule has 92 valence electrons. The summed E-state index contributed by atoms with van der Waals surface area (Å²) in [5, 5.41) is 9.18. The molecule has 0 bridgehead atoms. The summed E-state index contributed by atoms with van der Waals surface area (Å²) in [5.41, 5.74) is 12.7. The third-order valence-electron chi connectivity index (χ3n) is 3.57. The van der Waals surface area contributed by atoms with Crippen LogP contribution in [0.5, 0.6) is 0 Å². The summed E-state index contributed by atoms with van der Waals surface area (Å²) in [4.78, 5) is 0. The Morgan fingerprint density at radius 2 is 1.67 bits per heavy atom. The van der Waals surface area contributed by atoms with Crippen molar-refractivity contribution in [2.24, 2.45) is 0 Å². The number of nitrogen functional groups attached to an aromatic ring is 1. The molecule has 1 aromatic carbocycles. The van der Waals surface area contributed by atoms with Crippen LogP contribution in [0.25, 0.3) is 11.1 Å². The molecule has 0 aliphatic rings. The summed E-state index contributed by atoms with van der Waals surface area (Å²) in [6.07, 6.45) is 1.57. The van der Waals surface area contributed by atoms with E-state index < -0.39 is 0 Å². The standard InChI is InChI=1S/C15H16N2O/c1-8-5-9(2)11(4)14(10(8)3)13-7-18-15(17)12(13)6-16/h5,7H,17H2,1-4H3. The van der Waals surface area contributed by atoms with Gasteiger partial charge in [-0.1, -0.05) is 6.07 Å². The first-order valence-electron chi connectivity index (χ1n) is 5.82. The van der Waals surface area contributed by atoms with Gasteiger partial charge in [-0.3, -0.25) is 0 Å². The van der Waals surface area contributed by atoms with Crippen molar-refractivity contribution < 1.29 is 4.42 Å². The van der Waals surface area contributed by atoms with Gasteiger partial charge in [0.1, 0.15) is 17.9 Å². The molecule has 0 aliphatic heterocycles. The highest BCUT2D eigenvalue weighted by Gasteiger charge is 2.18. The molecule has 18 heavy (non-hydrogen) atoms. The highest BCUT2D eigenvalue weighted by atomic mass is 16.3. The molecule has 0 radical (unpaired) electrons. The van der Waals surface area contributed by atoms with Crippen LogP contribution in [0, 0.1) is 39.0 Å². The predicted molar refractivity (Wildman–Crippen MR) is 72.2 cm³/mol. The number of hydrogen-bond donors (Lipinski definition) is 1. The van der Waals surface area contributed by atoms with Gasteiger partial charge < -0.3 is 10.2 Å². The van der Waals surface area contributed by atoms with Gasteiger partial charge in [0, 0.05) is 5.56 Å². The first-order valence-corrected chi connectivity index (χ1v) is 5.82. The maximum Gasteiger partial charge on any atom is 0.208 e. The number of rotatable bonds is 1. The second-order valence-corrected chi connectivity index (χ2v) is 4.64. The minimum atomic E-state index is 0.186. The summed E-state index contributed by atoms with van der Waals surface area (Å²) in [7, 11) is 0. The van der Waals surface area contributed by atoms with Gasteiger partial charge in [0.15, 0.2) is 0 Å². The van der Waals surface area contributed by atoms with Crippen LogP contribution in [0.2, 0.25) is 0 Å². The normalized spacial score (nSPS) is 10.4. The zero-order valence-corrected chi connectivity index (χ0v) is 11.1. The molecule has 2 N–H and O–H groups in total. The lowest BCUT2D eigenvalue weighted by Gasteiger charge is -2.14. The Bertz CT molecular complexity index is 634. The number of furan rings is 1. The average molecular weight is 240 g/mol. The molecule has 3 nitrogen and oxygen atoms in total. The van der Waals surface area contributed by atoms with Crippen molar-refractivity contribution in [3.8, 4) is 17.2 Å². The Kier molecular flexibility index (Phi) is 2.88. The SMILES string of the molecule is Cc1cc(C)c(C)c(-c2coc(N)c2C#N)c1C. The molecule has 1 aromatic heterocycles. The van der Waals surface area contributed by atoms with E-state index in [1.165, 1.54) is 11.1 Å². The van der Waals surface area contributed by atoms with Crippen LogP contribution >= 0.6 is 0 Å². The topological polar surface area (TPSA) is 62.9 Å². The lowest BCUT2D eigenvalue weighted by molar-refractivity contribution is 0.588. The second-order valence-electron chi connectivity index (χ2n) is 4.64. The molecule has 0 amide bonds. The zero-order chi connectivity index (χ0) is 13.4. The smallest absolute Gasteiger partial charge is 0.208 e. The quantitative estimate of drug-likeness (QED) is 0.827. The predicted octanol–water partition coefficient (Wildman–Crippen LogP) is 3.63. The number of nitrogens with two attached hydrogens (primary N) is 1. The zero-order valence-electron chi connectivity index (χ0n) is 11.1. The molecular formula is C15H16N2O. The number of nitriles is 1. The number of anilines is 1. The molecule has 2 aromatic rings. The van der Waals surface area contributed by atoms with Gasteiger partial charge in [-0.25, -0.2) is 0 Å². The van der Waals surface area contributed by atoms with Crippen molar-refractivity contribution >= 4 is 5.88 Å². The number of benzene rings is 1. The molecule has 0 unspecified atom stereocenters. The van der Waals surface area contributed by atoms with E-state index in [0.717, 1.165) is 22.3 Å². The first kappa shape index (κ1) is 12.3. The Labute approximate surface area is 107 Å². The van der Waals surface area contributed by atoms with Gasteiger partial charge in [0.2, 0.25) is 5.88 Å².